The first-order valence-corrected chi connectivity index (χ1v) is 5.42. The van der Waals surface area contributed by atoms with Gasteiger partial charge in [-0.15, -0.1) is 13.2 Å². The molecule has 0 aliphatic heterocycles. The lowest BCUT2D eigenvalue weighted by Crippen LogP contribution is -2.17. The van der Waals surface area contributed by atoms with Gasteiger partial charge in [-0.05, 0) is 24.3 Å². The van der Waals surface area contributed by atoms with E-state index in [1.807, 2.05) is 0 Å². The third-order valence-electron chi connectivity index (χ3n) is 2.41. The molecule has 1 aromatic carbocycles. The molecule has 0 atom stereocenters. The molecule has 104 valence electrons. The zero-order chi connectivity index (χ0) is 14.8. The number of hydrogen-bond acceptors (Lipinski definition) is 3. The molecular formula is C13H8F3NO3. The Morgan fingerprint density at radius 2 is 1.85 bits per heavy atom. The first-order valence-electron chi connectivity index (χ1n) is 5.42. The number of benzene rings is 1. The summed E-state index contributed by atoms with van der Waals surface area (Å²) in [6.45, 7) is 0. The van der Waals surface area contributed by atoms with Gasteiger partial charge in [-0.1, -0.05) is 12.1 Å². The zero-order valence-electron chi connectivity index (χ0n) is 9.89. The van der Waals surface area contributed by atoms with Crippen LogP contribution in [0.1, 0.15) is 10.4 Å². The number of rotatable bonds is 3. The first kappa shape index (κ1) is 13.9. The number of halogens is 3. The van der Waals surface area contributed by atoms with Crippen molar-refractivity contribution in [3.05, 3.63) is 48.2 Å². The molecule has 2 rings (SSSR count). The number of carboxylic acid groups (broad SMARTS) is 1. The van der Waals surface area contributed by atoms with Crippen LogP contribution < -0.4 is 4.74 Å². The summed E-state index contributed by atoms with van der Waals surface area (Å²) in [6, 6.07) is 7.89. The van der Waals surface area contributed by atoms with Crippen molar-refractivity contribution in [3.63, 3.8) is 0 Å². The highest BCUT2D eigenvalue weighted by atomic mass is 19.4. The normalized spacial score (nSPS) is 11.2. The van der Waals surface area contributed by atoms with Gasteiger partial charge in [-0.2, -0.15) is 0 Å². The minimum absolute atomic E-state index is 0.0391. The van der Waals surface area contributed by atoms with Crippen molar-refractivity contribution >= 4 is 5.97 Å². The molecular weight excluding hydrogens is 275 g/mol. The minimum atomic E-state index is -4.87. The molecule has 20 heavy (non-hydrogen) atoms. The highest BCUT2D eigenvalue weighted by Crippen LogP contribution is 2.34. The van der Waals surface area contributed by atoms with Crippen LogP contribution in [0.5, 0.6) is 5.75 Å². The van der Waals surface area contributed by atoms with Crippen LogP contribution in [0.3, 0.4) is 0 Å². The maximum atomic E-state index is 12.3. The van der Waals surface area contributed by atoms with Crippen LogP contribution in [0.25, 0.3) is 11.3 Å². The predicted octanol–water partition coefficient (Wildman–Crippen LogP) is 3.35. The molecule has 0 bridgehead atoms. The molecule has 7 heteroatoms. The van der Waals surface area contributed by atoms with Crippen molar-refractivity contribution in [1.82, 2.24) is 4.98 Å². The van der Waals surface area contributed by atoms with E-state index >= 15 is 0 Å². The predicted molar refractivity (Wildman–Crippen MR) is 63.3 cm³/mol. The van der Waals surface area contributed by atoms with Crippen LogP contribution in [-0.4, -0.2) is 22.4 Å². The van der Waals surface area contributed by atoms with E-state index in [1.165, 1.54) is 36.5 Å². The molecule has 1 N–H and O–H groups in total. The van der Waals surface area contributed by atoms with E-state index in [0.29, 0.717) is 0 Å². The molecule has 0 fully saturated rings. The van der Waals surface area contributed by atoms with E-state index < -0.39 is 18.1 Å². The monoisotopic (exact) mass is 283 g/mol. The topological polar surface area (TPSA) is 59.4 Å². The smallest absolute Gasteiger partial charge is 0.478 e. The molecule has 0 radical (unpaired) electrons. The lowest BCUT2D eigenvalue weighted by Gasteiger charge is -2.13. The number of carboxylic acids is 1. The maximum Gasteiger partial charge on any atom is 0.573 e. The van der Waals surface area contributed by atoms with Gasteiger partial charge in [0.05, 0.1) is 11.3 Å². The summed E-state index contributed by atoms with van der Waals surface area (Å²) in [7, 11) is 0. The van der Waals surface area contributed by atoms with Crippen LogP contribution in [-0.2, 0) is 0 Å². The molecule has 0 saturated carbocycles. The van der Waals surface area contributed by atoms with Crippen molar-refractivity contribution in [3.8, 4) is 17.0 Å². The number of nitrogens with zero attached hydrogens (tertiary/aromatic N) is 1. The van der Waals surface area contributed by atoms with Crippen LogP contribution in [0.15, 0.2) is 42.6 Å². The second-order valence-corrected chi connectivity index (χ2v) is 3.75. The summed E-state index contributed by atoms with van der Waals surface area (Å²) >= 11 is 0. The number of carbonyl (C=O) groups is 1. The Hall–Kier alpha value is -2.57. The van der Waals surface area contributed by atoms with Crippen molar-refractivity contribution < 1.29 is 27.8 Å². The SMILES string of the molecule is O=C(O)c1cccnc1-c1ccccc1OC(F)(F)F. The second kappa shape index (κ2) is 5.20. The fraction of sp³-hybridized carbons (Fsp3) is 0.0769. The summed E-state index contributed by atoms with van der Waals surface area (Å²) in [5.41, 5.74) is -0.326. The Morgan fingerprint density at radius 1 is 1.15 bits per heavy atom. The number of ether oxygens (including phenoxy) is 1. The standard InChI is InChI=1S/C13H8F3NO3/c14-13(15,16)20-10-6-2-1-4-8(10)11-9(12(18)19)5-3-7-17-11/h1-7H,(H,18,19). The Bertz CT molecular complexity index is 641. The molecule has 4 nitrogen and oxygen atoms in total. The van der Waals surface area contributed by atoms with E-state index in [9.17, 15) is 18.0 Å². The Kier molecular flexibility index (Phi) is 3.60. The first-order chi connectivity index (χ1) is 9.38. The van der Waals surface area contributed by atoms with E-state index in [1.54, 1.807) is 0 Å². The van der Waals surface area contributed by atoms with Gasteiger partial charge in [0.2, 0.25) is 0 Å². The average Bonchev–Trinajstić information content (AvgIpc) is 2.37. The number of pyridine rings is 1. The summed E-state index contributed by atoms with van der Waals surface area (Å²) in [4.78, 5) is 14.9. The molecule has 1 aromatic heterocycles. The fourth-order valence-corrected chi connectivity index (χ4v) is 1.67. The van der Waals surface area contributed by atoms with Crippen LogP contribution >= 0.6 is 0 Å². The summed E-state index contributed by atoms with van der Waals surface area (Å²) < 4.78 is 40.9. The number of hydrogen-bond donors (Lipinski definition) is 1. The largest absolute Gasteiger partial charge is 0.573 e. The van der Waals surface area contributed by atoms with Gasteiger partial charge in [-0.25, -0.2) is 4.79 Å². The molecule has 0 aliphatic rings. The van der Waals surface area contributed by atoms with Gasteiger partial charge in [-0.3, -0.25) is 4.98 Å². The number of para-hydroxylation sites is 1. The zero-order valence-corrected chi connectivity index (χ0v) is 9.89. The van der Waals surface area contributed by atoms with Gasteiger partial charge in [0.1, 0.15) is 5.75 Å². The molecule has 2 aromatic rings. The molecule has 0 amide bonds. The maximum absolute atomic E-state index is 12.3. The fourth-order valence-electron chi connectivity index (χ4n) is 1.67. The number of aromatic carboxylic acids is 1. The highest BCUT2D eigenvalue weighted by Gasteiger charge is 2.32. The van der Waals surface area contributed by atoms with Gasteiger partial charge in [0.25, 0.3) is 0 Å². The minimum Gasteiger partial charge on any atom is -0.478 e. The molecule has 0 unspecified atom stereocenters. The quantitative estimate of drug-likeness (QED) is 0.938. The van der Waals surface area contributed by atoms with Gasteiger partial charge in [0.15, 0.2) is 0 Å². The molecule has 1 heterocycles. The van der Waals surface area contributed by atoms with Gasteiger partial charge in [0, 0.05) is 11.8 Å². The average molecular weight is 283 g/mol. The van der Waals surface area contributed by atoms with E-state index in [-0.39, 0.29) is 16.8 Å². The summed E-state index contributed by atoms with van der Waals surface area (Å²) in [5, 5.41) is 9.05. The molecule has 0 saturated heterocycles. The van der Waals surface area contributed by atoms with E-state index in [0.717, 1.165) is 6.07 Å². The van der Waals surface area contributed by atoms with Gasteiger partial charge < -0.3 is 9.84 Å². The highest BCUT2D eigenvalue weighted by molar-refractivity contribution is 5.95. The van der Waals surface area contributed by atoms with Crippen LogP contribution in [0.2, 0.25) is 0 Å². The molecule has 0 aliphatic carbocycles. The second-order valence-electron chi connectivity index (χ2n) is 3.75. The lowest BCUT2D eigenvalue weighted by atomic mass is 10.1. The lowest BCUT2D eigenvalue weighted by molar-refractivity contribution is -0.274. The molecule has 0 spiro atoms. The summed E-state index contributed by atoms with van der Waals surface area (Å²) in [5.74, 6) is -1.78. The van der Waals surface area contributed by atoms with E-state index in [2.05, 4.69) is 9.72 Å². The number of alkyl halides is 3. The summed E-state index contributed by atoms with van der Waals surface area (Å²) in [6.07, 6.45) is -3.57. The van der Waals surface area contributed by atoms with E-state index in [4.69, 9.17) is 5.11 Å². The van der Waals surface area contributed by atoms with Crippen molar-refractivity contribution in [2.75, 3.05) is 0 Å². The third kappa shape index (κ3) is 3.05. The van der Waals surface area contributed by atoms with Crippen molar-refractivity contribution in [1.29, 1.82) is 0 Å². The third-order valence-corrected chi connectivity index (χ3v) is 2.41. The van der Waals surface area contributed by atoms with Crippen LogP contribution in [0.4, 0.5) is 13.2 Å². The van der Waals surface area contributed by atoms with Gasteiger partial charge >= 0.3 is 12.3 Å². The Balaban J connectivity index is 2.56. The Labute approximate surface area is 111 Å². The van der Waals surface area contributed by atoms with Crippen LogP contribution in [0, 0.1) is 0 Å². The number of aromatic nitrogens is 1. The van der Waals surface area contributed by atoms with Crippen molar-refractivity contribution in [2.45, 2.75) is 6.36 Å². The Morgan fingerprint density at radius 3 is 2.50 bits per heavy atom. The van der Waals surface area contributed by atoms with Crippen molar-refractivity contribution in [2.24, 2.45) is 0 Å².